The van der Waals surface area contributed by atoms with E-state index >= 15 is 0 Å². The van der Waals surface area contributed by atoms with Gasteiger partial charge in [-0.25, -0.2) is 0 Å². The van der Waals surface area contributed by atoms with Gasteiger partial charge in [-0.05, 0) is 24.1 Å². The fraction of sp³-hybridized carbons (Fsp3) is 0.278. The lowest BCUT2D eigenvalue weighted by Crippen LogP contribution is -2.31. The summed E-state index contributed by atoms with van der Waals surface area (Å²) in [6.45, 7) is 1.05. The fourth-order valence-corrected chi connectivity index (χ4v) is 2.38. The summed E-state index contributed by atoms with van der Waals surface area (Å²) in [6.07, 6.45) is 1.01. The third kappa shape index (κ3) is 3.79. The molecule has 0 saturated carbocycles. The number of fused-ring (bicyclic) bond motifs is 1. The van der Waals surface area contributed by atoms with Crippen molar-refractivity contribution in [3.63, 3.8) is 0 Å². The van der Waals surface area contributed by atoms with E-state index in [4.69, 9.17) is 9.47 Å². The first kappa shape index (κ1) is 14.4. The van der Waals surface area contributed by atoms with E-state index in [1.165, 1.54) is 0 Å². The number of carbonyl (C=O) groups is 1. The van der Waals surface area contributed by atoms with Crippen LogP contribution in [0.3, 0.4) is 0 Å². The van der Waals surface area contributed by atoms with Crippen molar-refractivity contribution in [1.82, 2.24) is 5.32 Å². The number of ether oxygens (including phenoxy) is 2. The minimum absolute atomic E-state index is 0.0336. The van der Waals surface area contributed by atoms with Gasteiger partial charge in [0.15, 0.2) is 11.5 Å². The SMILES string of the molecule is O=C(CC[C@@H]1COc2ccccc2O1)NCc1ccccc1. The molecule has 0 radical (unpaired) electrons. The van der Waals surface area contributed by atoms with Crippen molar-refractivity contribution >= 4 is 5.91 Å². The number of amides is 1. The van der Waals surface area contributed by atoms with Crippen LogP contribution < -0.4 is 14.8 Å². The summed E-state index contributed by atoms with van der Waals surface area (Å²) in [4.78, 5) is 11.9. The van der Waals surface area contributed by atoms with Crippen LogP contribution in [0.2, 0.25) is 0 Å². The number of hydrogen-bond acceptors (Lipinski definition) is 3. The van der Waals surface area contributed by atoms with Gasteiger partial charge in [-0.3, -0.25) is 4.79 Å². The molecule has 22 heavy (non-hydrogen) atoms. The highest BCUT2D eigenvalue weighted by atomic mass is 16.6. The number of benzene rings is 2. The first-order valence-electron chi connectivity index (χ1n) is 7.50. The summed E-state index contributed by atoms with van der Waals surface area (Å²) in [5.74, 6) is 1.56. The molecule has 114 valence electrons. The Balaban J connectivity index is 1.42. The molecule has 1 N–H and O–H groups in total. The van der Waals surface area contributed by atoms with Gasteiger partial charge >= 0.3 is 0 Å². The van der Waals surface area contributed by atoms with Crippen LogP contribution in [0.1, 0.15) is 18.4 Å². The van der Waals surface area contributed by atoms with E-state index in [1.54, 1.807) is 0 Å². The topological polar surface area (TPSA) is 47.6 Å². The van der Waals surface area contributed by atoms with Gasteiger partial charge in [0.25, 0.3) is 0 Å². The number of rotatable bonds is 5. The summed E-state index contributed by atoms with van der Waals surface area (Å²) in [7, 11) is 0. The molecule has 1 heterocycles. The van der Waals surface area contributed by atoms with E-state index in [2.05, 4.69) is 5.32 Å². The monoisotopic (exact) mass is 297 g/mol. The molecule has 2 aromatic rings. The van der Waals surface area contributed by atoms with E-state index in [0.717, 1.165) is 17.1 Å². The van der Waals surface area contributed by atoms with Crippen molar-refractivity contribution in [2.45, 2.75) is 25.5 Å². The molecule has 0 unspecified atom stereocenters. The first-order chi connectivity index (χ1) is 10.8. The summed E-state index contributed by atoms with van der Waals surface area (Å²) >= 11 is 0. The second-order valence-corrected chi connectivity index (χ2v) is 5.30. The van der Waals surface area contributed by atoms with Crippen LogP contribution in [0.15, 0.2) is 54.6 Å². The molecule has 0 spiro atoms. The molecule has 2 aromatic carbocycles. The highest BCUT2D eigenvalue weighted by molar-refractivity contribution is 5.75. The zero-order chi connectivity index (χ0) is 15.2. The van der Waals surface area contributed by atoms with E-state index in [-0.39, 0.29) is 12.0 Å². The number of nitrogens with one attached hydrogen (secondary N) is 1. The molecule has 4 heteroatoms. The molecule has 0 aliphatic carbocycles. The quantitative estimate of drug-likeness (QED) is 0.923. The molecular formula is C18H19NO3. The summed E-state index contributed by atoms with van der Waals surface area (Å²) < 4.78 is 11.5. The molecule has 1 aliphatic rings. The summed E-state index contributed by atoms with van der Waals surface area (Å²) in [6, 6.07) is 17.5. The van der Waals surface area contributed by atoms with E-state index in [0.29, 0.717) is 26.0 Å². The number of hydrogen-bond donors (Lipinski definition) is 1. The maximum Gasteiger partial charge on any atom is 0.220 e. The van der Waals surface area contributed by atoms with E-state index in [9.17, 15) is 4.79 Å². The van der Waals surface area contributed by atoms with Gasteiger partial charge in [0.05, 0.1) is 0 Å². The molecule has 3 rings (SSSR count). The molecule has 1 aliphatic heterocycles. The van der Waals surface area contributed by atoms with Gasteiger partial charge in [-0.15, -0.1) is 0 Å². The van der Waals surface area contributed by atoms with Gasteiger partial charge in [-0.1, -0.05) is 42.5 Å². The van der Waals surface area contributed by atoms with Crippen LogP contribution in [0, 0.1) is 0 Å². The number of para-hydroxylation sites is 2. The molecule has 0 saturated heterocycles. The lowest BCUT2D eigenvalue weighted by atomic mass is 10.1. The second kappa shape index (κ2) is 6.98. The first-order valence-corrected chi connectivity index (χ1v) is 7.50. The van der Waals surface area contributed by atoms with Crippen molar-refractivity contribution < 1.29 is 14.3 Å². The largest absolute Gasteiger partial charge is 0.486 e. The van der Waals surface area contributed by atoms with Gasteiger partial charge in [-0.2, -0.15) is 0 Å². The minimum Gasteiger partial charge on any atom is -0.486 e. The molecule has 4 nitrogen and oxygen atoms in total. The lowest BCUT2D eigenvalue weighted by molar-refractivity contribution is -0.121. The average molecular weight is 297 g/mol. The van der Waals surface area contributed by atoms with Crippen LogP contribution in [-0.4, -0.2) is 18.6 Å². The maximum absolute atomic E-state index is 11.9. The van der Waals surface area contributed by atoms with E-state index in [1.807, 2.05) is 54.6 Å². The molecule has 1 amide bonds. The van der Waals surface area contributed by atoms with Crippen LogP contribution in [0.5, 0.6) is 11.5 Å². The Morgan fingerprint density at radius 3 is 2.59 bits per heavy atom. The fourth-order valence-electron chi connectivity index (χ4n) is 2.38. The summed E-state index contributed by atoms with van der Waals surface area (Å²) in [5, 5.41) is 2.92. The zero-order valence-corrected chi connectivity index (χ0v) is 12.3. The Kier molecular flexibility index (Phi) is 4.59. The Bertz CT molecular complexity index is 627. The van der Waals surface area contributed by atoms with Gasteiger partial charge in [0.2, 0.25) is 5.91 Å². The Labute approximate surface area is 130 Å². The standard InChI is InChI=1S/C18H19NO3/c20-18(19-12-14-6-2-1-3-7-14)11-10-15-13-21-16-8-4-5-9-17(16)22-15/h1-9,15H,10-13H2,(H,19,20)/t15-/m1/s1. The predicted octanol–water partition coefficient (Wildman–Crippen LogP) is 2.92. The van der Waals surface area contributed by atoms with Crippen LogP contribution in [0.4, 0.5) is 0 Å². The van der Waals surface area contributed by atoms with E-state index < -0.39 is 0 Å². The second-order valence-electron chi connectivity index (χ2n) is 5.30. The van der Waals surface area contributed by atoms with Gasteiger partial charge in [0, 0.05) is 13.0 Å². The Morgan fingerprint density at radius 2 is 1.77 bits per heavy atom. The van der Waals surface area contributed by atoms with Crippen LogP contribution in [-0.2, 0) is 11.3 Å². The van der Waals surface area contributed by atoms with Crippen LogP contribution in [0.25, 0.3) is 0 Å². The van der Waals surface area contributed by atoms with Crippen molar-refractivity contribution in [2.24, 2.45) is 0 Å². The normalized spacial score (nSPS) is 16.1. The smallest absolute Gasteiger partial charge is 0.220 e. The maximum atomic E-state index is 11.9. The van der Waals surface area contributed by atoms with Gasteiger partial charge < -0.3 is 14.8 Å². The molecule has 0 aromatic heterocycles. The predicted molar refractivity (Wildman–Crippen MR) is 83.9 cm³/mol. The molecular weight excluding hydrogens is 278 g/mol. The van der Waals surface area contributed by atoms with Crippen molar-refractivity contribution in [3.8, 4) is 11.5 Å². The molecule has 0 bridgehead atoms. The highest BCUT2D eigenvalue weighted by Crippen LogP contribution is 2.31. The van der Waals surface area contributed by atoms with Crippen molar-refractivity contribution in [3.05, 3.63) is 60.2 Å². The average Bonchev–Trinajstić information content (AvgIpc) is 2.59. The van der Waals surface area contributed by atoms with Crippen molar-refractivity contribution in [2.75, 3.05) is 6.61 Å². The lowest BCUT2D eigenvalue weighted by Gasteiger charge is -2.26. The third-order valence-corrected chi connectivity index (χ3v) is 3.59. The van der Waals surface area contributed by atoms with Crippen LogP contribution >= 0.6 is 0 Å². The minimum atomic E-state index is -0.0719. The Morgan fingerprint density at radius 1 is 1.05 bits per heavy atom. The zero-order valence-electron chi connectivity index (χ0n) is 12.3. The van der Waals surface area contributed by atoms with Gasteiger partial charge in [0.1, 0.15) is 12.7 Å². The Hall–Kier alpha value is -2.49. The third-order valence-electron chi connectivity index (χ3n) is 3.59. The van der Waals surface area contributed by atoms with Crippen molar-refractivity contribution in [1.29, 1.82) is 0 Å². The number of carbonyl (C=O) groups excluding carboxylic acids is 1. The molecule has 0 fully saturated rings. The highest BCUT2D eigenvalue weighted by Gasteiger charge is 2.21. The summed E-state index contributed by atoms with van der Waals surface area (Å²) in [5.41, 5.74) is 1.10. The molecule has 1 atom stereocenters.